The first-order chi connectivity index (χ1) is 18.3. The van der Waals surface area contributed by atoms with Crippen LogP contribution >= 0.6 is 0 Å². The molecule has 0 spiro atoms. The van der Waals surface area contributed by atoms with Crippen LogP contribution in [0.2, 0.25) is 0 Å². The van der Waals surface area contributed by atoms with Crippen LogP contribution in [-0.2, 0) is 35.2 Å². The van der Waals surface area contributed by atoms with Gasteiger partial charge in [0.05, 0.1) is 12.5 Å². The highest BCUT2D eigenvalue weighted by Gasteiger charge is 2.32. The Kier molecular flexibility index (Phi) is 11.0. The van der Waals surface area contributed by atoms with Gasteiger partial charge in [-0.2, -0.15) is 0 Å². The number of amides is 4. The predicted octanol–water partition coefficient (Wildman–Crippen LogP) is -1.03. The van der Waals surface area contributed by atoms with Crippen LogP contribution in [-0.4, -0.2) is 74.9 Å². The summed E-state index contributed by atoms with van der Waals surface area (Å²) in [6.07, 6.45) is 0.415. The summed E-state index contributed by atoms with van der Waals surface area (Å²) in [4.78, 5) is 75.8. The summed E-state index contributed by atoms with van der Waals surface area (Å²) >= 11 is 0. The van der Waals surface area contributed by atoms with E-state index in [1.165, 1.54) is 0 Å². The summed E-state index contributed by atoms with van der Waals surface area (Å²) < 4.78 is 0. The van der Waals surface area contributed by atoms with E-state index < -0.39 is 72.1 Å². The van der Waals surface area contributed by atoms with Gasteiger partial charge < -0.3 is 42.6 Å². The maximum atomic E-state index is 13.0. The number of aromatic nitrogens is 1. The van der Waals surface area contributed by atoms with E-state index >= 15 is 0 Å². The summed E-state index contributed by atoms with van der Waals surface area (Å²) in [5.41, 5.74) is 12.9. The van der Waals surface area contributed by atoms with E-state index in [9.17, 15) is 39.0 Å². The zero-order valence-corrected chi connectivity index (χ0v) is 21.6. The van der Waals surface area contributed by atoms with E-state index in [1.807, 2.05) is 24.3 Å². The normalized spacial score (nSPS) is 14.2. The number of para-hydroxylation sites is 1. The van der Waals surface area contributed by atoms with Gasteiger partial charge in [-0.1, -0.05) is 32.0 Å². The molecule has 0 fully saturated rings. The van der Waals surface area contributed by atoms with Crippen molar-refractivity contribution in [2.75, 3.05) is 0 Å². The number of H-pyrrole nitrogens is 1. The molecule has 1 heterocycles. The highest BCUT2D eigenvalue weighted by Crippen LogP contribution is 2.19. The first-order valence-electron chi connectivity index (χ1n) is 12.2. The first kappa shape index (κ1) is 30.8. The molecule has 4 unspecified atom stereocenters. The van der Waals surface area contributed by atoms with E-state index in [0.29, 0.717) is 0 Å². The topological polar surface area (TPSA) is 247 Å². The molecular formula is C25H34N6O8. The zero-order chi connectivity index (χ0) is 29.3. The molecule has 2 rings (SSSR count). The van der Waals surface area contributed by atoms with Gasteiger partial charge in [0.2, 0.25) is 23.6 Å². The van der Waals surface area contributed by atoms with Crippen molar-refractivity contribution in [3.05, 3.63) is 36.0 Å². The molecule has 0 saturated heterocycles. The Morgan fingerprint density at radius 2 is 1.54 bits per heavy atom. The third kappa shape index (κ3) is 9.10. The molecule has 0 bridgehead atoms. The van der Waals surface area contributed by atoms with E-state index in [2.05, 4.69) is 20.9 Å². The summed E-state index contributed by atoms with van der Waals surface area (Å²) in [6, 6.07) is 1.92. The van der Waals surface area contributed by atoms with E-state index in [-0.39, 0.29) is 19.3 Å². The third-order valence-corrected chi connectivity index (χ3v) is 6.01. The van der Waals surface area contributed by atoms with Gasteiger partial charge in [-0.3, -0.25) is 24.0 Å². The lowest BCUT2D eigenvalue weighted by molar-refractivity contribution is -0.144. The van der Waals surface area contributed by atoms with Gasteiger partial charge in [-0.25, -0.2) is 4.79 Å². The highest BCUT2D eigenvalue weighted by molar-refractivity contribution is 5.96. The molecular weight excluding hydrogens is 512 g/mol. The largest absolute Gasteiger partial charge is 0.481 e. The zero-order valence-electron chi connectivity index (χ0n) is 21.6. The lowest BCUT2D eigenvalue weighted by atomic mass is 10.0. The number of nitrogens with two attached hydrogens (primary N) is 2. The molecule has 14 nitrogen and oxygen atoms in total. The van der Waals surface area contributed by atoms with Gasteiger partial charge in [0.15, 0.2) is 0 Å². The fraction of sp³-hybridized carbons (Fsp3) is 0.440. The van der Waals surface area contributed by atoms with Gasteiger partial charge in [-0.05, 0) is 30.4 Å². The molecule has 39 heavy (non-hydrogen) atoms. The molecule has 0 saturated carbocycles. The van der Waals surface area contributed by atoms with Gasteiger partial charge >= 0.3 is 11.9 Å². The molecule has 2 aromatic rings. The Labute approximate surface area is 223 Å². The first-order valence-corrected chi connectivity index (χ1v) is 12.2. The smallest absolute Gasteiger partial charge is 0.326 e. The van der Waals surface area contributed by atoms with E-state index in [1.54, 1.807) is 20.0 Å². The van der Waals surface area contributed by atoms with Gasteiger partial charge in [0, 0.05) is 23.5 Å². The lowest BCUT2D eigenvalue weighted by Crippen LogP contribution is -2.58. The van der Waals surface area contributed by atoms with Crippen LogP contribution in [0.1, 0.15) is 38.7 Å². The van der Waals surface area contributed by atoms with Crippen LogP contribution in [0.4, 0.5) is 0 Å². The fourth-order valence-electron chi connectivity index (χ4n) is 3.89. The van der Waals surface area contributed by atoms with Crippen LogP contribution in [0.25, 0.3) is 10.9 Å². The second kappa shape index (κ2) is 13.9. The molecule has 212 valence electrons. The van der Waals surface area contributed by atoms with E-state index in [0.717, 1.165) is 16.5 Å². The number of primary amides is 1. The molecule has 10 N–H and O–H groups in total. The molecule has 4 atom stereocenters. The molecule has 0 aliphatic rings. The summed E-state index contributed by atoms with van der Waals surface area (Å²) in [7, 11) is 0. The second-order valence-corrected chi connectivity index (χ2v) is 9.46. The summed E-state index contributed by atoms with van der Waals surface area (Å²) in [5, 5.41) is 26.3. The number of aliphatic carboxylic acids is 2. The van der Waals surface area contributed by atoms with Crippen molar-refractivity contribution in [1.29, 1.82) is 0 Å². The van der Waals surface area contributed by atoms with Crippen molar-refractivity contribution in [3.8, 4) is 0 Å². The van der Waals surface area contributed by atoms with Crippen molar-refractivity contribution in [2.45, 2.75) is 63.7 Å². The average Bonchev–Trinajstić information content (AvgIpc) is 3.26. The quantitative estimate of drug-likeness (QED) is 0.136. The van der Waals surface area contributed by atoms with Crippen molar-refractivity contribution in [2.24, 2.45) is 17.4 Å². The number of carboxylic acid groups (broad SMARTS) is 2. The Bertz CT molecular complexity index is 1230. The van der Waals surface area contributed by atoms with Crippen molar-refractivity contribution < 1.29 is 39.0 Å². The van der Waals surface area contributed by atoms with Crippen molar-refractivity contribution >= 4 is 46.5 Å². The van der Waals surface area contributed by atoms with Crippen LogP contribution < -0.4 is 27.4 Å². The number of aromatic amines is 1. The van der Waals surface area contributed by atoms with Gasteiger partial charge in [0.1, 0.15) is 18.1 Å². The van der Waals surface area contributed by atoms with Crippen molar-refractivity contribution in [1.82, 2.24) is 20.9 Å². The number of rotatable bonds is 15. The number of carbonyl (C=O) groups excluding carboxylic acids is 4. The molecule has 0 radical (unpaired) electrons. The number of benzene rings is 1. The lowest BCUT2D eigenvalue weighted by Gasteiger charge is -2.25. The van der Waals surface area contributed by atoms with E-state index in [4.69, 9.17) is 11.5 Å². The van der Waals surface area contributed by atoms with Crippen LogP contribution in [0.15, 0.2) is 30.5 Å². The standard InChI is InChI=1S/C25H34N6O8/c1-12(2)21(25(38)39)31-24(37)18(10-20(33)34)30-23(36)17(7-8-19(27)32)29-22(35)15(26)9-13-11-28-16-6-4-3-5-14(13)16/h3-6,11-12,15,17-18,21,28H,7-10,26H2,1-2H3,(H2,27,32)(H,29,35)(H,30,36)(H,31,37)(H,33,34)(H,38,39). The van der Waals surface area contributed by atoms with Crippen LogP contribution in [0.5, 0.6) is 0 Å². The molecule has 14 heteroatoms. The van der Waals surface area contributed by atoms with Gasteiger partial charge in [0.25, 0.3) is 0 Å². The van der Waals surface area contributed by atoms with Gasteiger partial charge in [-0.15, -0.1) is 0 Å². The van der Waals surface area contributed by atoms with Crippen molar-refractivity contribution in [3.63, 3.8) is 0 Å². The number of carbonyl (C=O) groups is 6. The molecule has 1 aromatic heterocycles. The molecule has 4 amide bonds. The minimum Gasteiger partial charge on any atom is -0.481 e. The summed E-state index contributed by atoms with van der Waals surface area (Å²) in [6.45, 7) is 3.08. The Balaban J connectivity index is 2.16. The Morgan fingerprint density at radius 3 is 2.13 bits per heavy atom. The number of carboxylic acids is 2. The number of fused-ring (bicyclic) bond motifs is 1. The minimum absolute atomic E-state index is 0.121. The maximum Gasteiger partial charge on any atom is 0.326 e. The number of hydrogen-bond donors (Lipinski definition) is 8. The number of hydrogen-bond acceptors (Lipinski definition) is 7. The fourth-order valence-corrected chi connectivity index (χ4v) is 3.89. The second-order valence-electron chi connectivity index (χ2n) is 9.46. The van der Waals surface area contributed by atoms with Crippen LogP contribution in [0.3, 0.4) is 0 Å². The minimum atomic E-state index is -1.66. The Hall–Kier alpha value is -4.46. The summed E-state index contributed by atoms with van der Waals surface area (Å²) in [5.74, 6) is -6.81. The number of nitrogens with one attached hydrogen (secondary N) is 4. The Morgan fingerprint density at radius 1 is 0.923 bits per heavy atom. The highest BCUT2D eigenvalue weighted by atomic mass is 16.4. The maximum absolute atomic E-state index is 13.0. The third-order valence-electron chi connectivity index (χ3n) is 6.01. The predicted molar refractivity (Wildman–Crippen MR) is 139 cm³/mol. The molecule has 0 aliphatic carbocycles. The monoisotopic (exact) mass is 546 g/mol. The SMILES string of the molecule is CC(C)C(NC(=O)C(CC(=O)O)NC(=O)C(CCC(N)=O)NC(=O)C(N)Cc1c[nH]c2ccccc12)C(=O)O. The average molecular weight is 547 g/mol. The van der Waals surface area contributed by atoms with Crippen LogP contribution in [0, 0.1) is 5.92 Å². The molecule has 0 aliphatic heterocycles. The molecule has 1 aromatic carbocycles.